The minimum absolute atomic E-state index is 0.867. The number of ketones is 1. The Kier molecular flexibility index (Phi) is 4.10. The molecule has 0 rings (SSSR count). The third-order valence-corrected chi connectivity index (χ3v) is 1.39. The first-order valence-electron chi connectivity index (χ1n) is 2.76. The third-order valence-electron chi connectivity index (χ3n) is 0.865. The monoisotopic (exact) mass is 194 g/mol. The molecule has 0 saturated carbocycles. The Labute approximate surface area is 68.4 Å². The lowest BCUT2D eigenvalue weighted by atomic mass is 10.2. The van der Waals surface area contributed by atoms with Crippen LogP contribution in [-0.2, 0) is 13.9 Å². The summed E-state index contributed by atoms with van der Waals surface area (Å²) in [7, 11) is -4.78. The van der Waals surface area contributed by atoms with Crippen LogP contribution < -0.4 is 0 Å². The van der Waals surface area contributed by atoms with Gasteiger partial charge in [-0.25, -0.2) is 4.57 Å². The molecule has 68 valence electrons. The van der Waals surface area contributed by atoms with Crippen LogP contribution in [0.5, 0.6) is 0 Å². The SMILES string of the molecule is C#CC(=O)C(CO)OP(=O)(O)O. The van der Waals surface area contributed by atoms with Gasteiger partial charge in [0, 0.05) is 0 Å². The third kappa shape index (κ3) is 4.23. The number of Topliss-reactive ketones (excluding diaryl/α,β-unsaturated/α-hetero) is 1. The van der Waals surface area contributed by atoms with Crippen molar-refractivity contribution in [3.05, 3.63) is 0 Å². The van der Waals surface area contributed by atoms with E-state index < -0.39 is 26.3 Å². The molecule has 0 bridgehead atoms. The maximum absolute atomic E-state index is 10.6. The molecule has 12 heavy (non-hydrogen) atoms. The molecule has 0 aliphatic rings. The van der Waals surface area contributed by atoms with Gasteiger partial charge in [0.25, 0.3) is 0 Å². The highest BCUT2D eigenvalue weighted by molar-refractivity contribution is 7.46. The lowest BCUT2D eigenvalue weighted by molar-refractivity contribution is -0.122. The predicted molar refractivity (Wildman–Crippen MR) is 37.8 cm³/mol. The van der Waals surface area contributed by atoms with Crippen molar-refractivity contribution in [3.63, 3.8) is 0 Å². The van der Waals surface area contributed by atoms with Crippen LogP contribution in [-0.4, -0.2) is 33.4 Å². The summed E-state index contributed by atoms with van der Waals surface area (Å²) in [6.45, 7) is -0.867. The Hall–Kier alpha value is -0.700. The van der Waals surface area contributed by atoms with Crippen molar-refractivity contribution in [2.75, 3.05) is 6.61 Å². The van der Waals surface area contributed by atoms with E-state index in [1.807, 2.05) is 0 Å². The highest BCUT2D eigenvalue weighted by atomic mass is 31.2. The second-order valence-corrected chi connectivity index (χ2v) is 2.97. The molecule has 0 spiro atoms. The van der Waals surface area contributed by atoms with Crippen LogP contribution in [0.2, 0.25) is 0 Å². The molecule has 0 radical (unpaired) electrons. The molecule has 3 N–H and O–H groups in total. The Morgan fingerprint density at radius 2 is 2.17 bits per heavy atom. The Morgan fingerprint density at radius 3 is 2.42 bits per heavy atom. The summed E-state index contributed by atoms with van der Waals surface area (Å²) in [6.07, 6.45) is 2.97. The second-order valence-electron chi connectivity index (χ2n) is 1.78. The summed E-state index contributed by atoms with van der Waals surface area (Å²) in [4.78, 5) is 27.0. The molecule has 0 saturated heterocycles. The van der Waals surface area contributed by atoms with Crippen molar-refractivity contribution in [1.82, 2.24) is 0 Å². The topological polar surface area (TPSA) is 104 Å². The number of hydrogen-bond donors (Lipinski definition) is 3. The maximum Gasteiger partial charge on any atom is 0.470 e. The van der Waals surface area contributed by atoms with Crippen LogP contribution in [0.25, 0.3) is 0 Å². The van der Waals surface area contributed by atoms with Gasteiger partial charge in [-0.05, 0) is 5.92 Å². The first-order valence-corrected chi connectivity index (χ1v) is 4.29. The van der Waals surface area contributed by atoms with Crippen LogP contribution in [0.1, 0.15) is 0 Å². The average molecular weight is 194 g/mol. The van der Waals surface area contributed by atoms with Crippen molar-refractivity contribution in [3.8, 4) is 12.3 Å². The summed E-state index contributed by atoms with van der Waals surface area (Å²) in [5.74, 6) is 0.558. The van der Waals surface area contributed by atoms with E-state index in [0.717, 1.165) is 0 Å². The number of aliphatic hydroxyl groups excluding tert-OH is 1. The molecule has 7 heteroatoms. The summed E-state index contributed by atoms with van der Waals surface area (Å²) >= 11 is 0. The smallest absolute Gasteiger partial charge is 0.393 e. The summed E-state index contributed by atoms with van der Waals surface area (Å²) in [6, 6.07) is 0. The van der Waals surface area contributed by atoms with E-state index in [0.29, 0.717) is 0 Å². The van der Waals surface area contributed by atoms with Gasteiger partial charge in [0.15, 0.2) is 6.10 Å². The van der Waals surface area contributed by atoms with E-state index >= 15 is 0 Å². The summed E-state index contributed by atoms with van der Waals surface area (Å²) in [5.41, 5.74) is 0. The predicted octanol–water partition coefficient (Wildman–Crippen LogP) is -1.34. The van der Waals surface area contributed by atoms with Crippen LogP contribution in [0.4, 0.5) is 0 Å². The highest BCUT2D eigenvalue weighted by Crippen LogP contribution is 2.37. The number of terminal acetylenes is 1. The number of aliphatic hydroxyl groups is 1. The van der Waals surface area contributed by atoms with Gasteiger partial charge in [-0.3, -0.25) is 9.32 Å². The molecule has 1 unspecified atom stereocenters. The van der Waals surface area contributed by atoms with Gasteiger partial charge in [-0.1, -0.05) is 0 Å². The zero-order valence-electron chi connectivity index (χ0n) is 5.88. The van der Waals surface area contributed by atoms with Gasteiger partial charge in [0.2, 0.25) is 5.78 Å². The Morgan fingerprint density at radius 1 is 1.67 bits per heavy atom. The van der Waals surface area contributed by atoms with Crippen molar-refractivity contribution >= 4 is 13.6 Å². The van der Waals surface area contributed by atoms with E-state index in [1.54, 1.807) is 5.92 Å². The molecular weight excluding hydrogens is 187 g/mol. The largest absolute Gasteiger partial charge is 0.470 e. The van der Waals surface area contributed by atoms with E-state index in [2.05, 4.69) is 10.9 Å². The molecule has 1 atom stereocenters. The molecule has 0 aliphatic heterocycles. The first kappa shape index (κ1) is 11.3. The number of carbonyl (C=O) groups excluding carboxylic acids is 1. The summed E-state index contributed by atoms with van der Waals surface area (Å²) in [5, 5.41) is 8.41. The first-order chi connectivity index (χ1) is 5.40. The fraction of sp³-hybridized carbons (Fsp3) is 0.400. The molecule has 6 nitrogen and oxygen atoms in total. The van der Waals surface area contributed by atoms with Gasteiger partial charge in [0.1, 0.15) is 0 Å². The molecule has 0 aromatic rings. The zero-order valence-corrected chi connectivity index (χ0v) is 6.77. The quantitative estimate of drug-likeness (QED) is 0.290. The van der Waals surface area contributed by atoms with E-state index in [1.165, 1.54) is 0 Å². The van der Waals surface area contributed by atoms with Crippen molar-refractivity contribution < 1.29 is 28.8 Å². The standard InChI is InChI=1S/C5H7O6P/c1-2-4(7)5(3-6)11-12(8,9)10/h1,5-6H,3H2,(H2,8,9,10). The van der Waals surface area contributed by atoms with Crippen molar-refractivity contribution in [2.45, 2.75) is 6.10 Å². The van der Waals surface area contributed by atoms with Gasteiger partial charge in [-0.2, -0.15) is 0 Å². The van der Waals surface area contributed by atoms with Crippen LogP contribution >= 0.6 is 7.82 Å². The molecule has 0 aromatic carbocycles. The molecular formula is C5H7O6P. The lowest BCUT2D eigenvalue weighted by Gasteiger charge is -2.11. The average Bonchev–Trinajstić information content (AvgIpc) is 1.97. The van der Waals surface area contributed by atoms with Gasteiger partial charge in [0.05, 0.1) is 6.61 Å². The molecule has 0 heterocycles. The zero-order chi connectivity index (χ0) is 9.78. The van der Waals surface area contributed by atoms with E-state index in [9.17, 15) is 9.36 Å². The van der Waals surface area contributed by atoms with Gasteiger partial charge in [-0.15, -0.1) is 6.42 Å². The van der Waals surface area contributed by atoms with E-state index in [4.69, 9.17) is 14.9 Å². The number of phosphoric acid groups is 1. The van der Waals surface area contributed by atoms with Gasteiger partial charge >= 0.3 is 7.82 Å². The van der Waals surface area contributed by atoms with Crippen molar-refractivity contribution in [1.29, 1.82) is 0 Å². The van der Waals surface area contributed by atoms with Crippen LogP contribution in [0.3, 0.4) is 0 Å². The fourth-order valence-electron chi connectivity index (χ4n) is 0.423. The number of carbonyl (C=O) groups is 1. The minimum Gasteiger partial charge on any atom is -0.393 e. The normalized spacial score (nSPS) is 13.5. The molecule has 0 amide bonds. The minimum atomic E-state index is -4.78. The lowest BCUT2D eigenvalue weighted by Crippen LogP contribution is -2.25. The van der Waals surface area contributed by atoms with Crippen molar-refractivity contribution in [2.24, 2.45) is 0 Å². The van der Waals surface area contributed by atoms with Gasteiger partial charge < -0.3 is 14.9 Å². The molecule has 0 aliphatic carbocycles. The fourth-order valence-corrected chi connectivity index (χ4v) is 0.917. The van der Waals surface area contributed by atoms with Crippen LogP contribution in [0, 0.1) is 12.3 Å². The van der Waals surface area contributed by atoms with E-state index in [-0.39, 0.29) is 0 Å². The number of rotatable bonds is 4. The Balaban J connectivity index is 4.31. The summed E-state index contributed by atoms with van der Waals surface area (Å²) < 4.78 is 14.0. The van der Waals surface area contributed by atoms with Crippen LogP contribution in [0.15, 0.2) is 0 Å². The molecule has 0 fully saturated rings. The second kappa shape index (κ2) is 4.36. The Bertz CT molecular complexity index is 247. The molecule has 0 aromatic heterocycles. The highest BCUT2D eigenvalue weighted by Gasteiger charge is 2.26. The maximum atomic E-state index is 10.6. The number of phosphoric ester groups is 1. The number of hydrogen-bond acceptors (Lipinski definition) is 4.